The number of nitrogen functional groups attached to an aromatic ring is 1. The van der Waals surface area contributed by atoms with Crippen molar-refractivity contribution in [3.8, 4) is 5.75 Å². The third-order valence-corrected chi connectivity index (χ3v) is 9.58. The first-order chi connectivity index (χ1) is 21.2. The molecule has 0 spiro atoms. The number of aliphatic hydroxyl groups excluding tert-OH is 1. The molecule has 0 aliphatic carbocycles. The van der Waals surface area contributed by atoms with E-state index in [1.165, 1.54) is 13.3 Å². The van der Waals surface area contributed by atoms with Crippen LogP contribution in [0.5, 0.6) is 5.75 Å². The van der Waals surface area contributed by atoms with E-state index in [-0.39, 0.29) is 22.9 Å². The molecule has 3 heterocycles. The average Bonchev–Trinajstić information content (AvgIpc) is 3.48. The zero-order chi connectivity index (χ0) is 32.7. The fourth-order valence-corrected chi connectivity index (χ4v) is 7.33. The first-order valence-electron chi connectivity index (χ1n) is 14.0. The monoisotopic (exact) mass is 665 g/mol. The zero-order valence-electron chi connectivity index (χ0n) is 25.1. The predicted octanol–water partition coefficient (Wildman–Crippen LogP) is 4.14. The van der Waals surface area contributed by atoms with Crippen molar-refractivity contribution in [2.24, 2.45) is 0 Å². The number of nitrogens with one attached hydrogen (secondary N) is 2. The van der Waals surface area contributed by atoms with Gasteiger partial charge in [-0.15, -0.1) is 0 Å². The molecule has 5 rings (SSSR count). The highest BCUT2D eigenvalue weighted by Gasteiger charge is 2.65. The van der Waals surface area contributed by atoms with Gasteiger partial charge < -0.3 is 34.7 Å². The minimum absolute atomic E-state index is 0.0432. The number of aliphatic hydroxyl groups is 1. The van der Waals surface area contributed by atoms with Gasteiger partial charge in [0.1, 0.15) is 18.4 Å². The van der Waals surface area contributed by atoms with Gasteiger partial charge in [0.2, 0.25) is 5.95 Å². The molecule has 0 bridgehead atoms. The molecule has 2 aromatic carbocycles. The van der Waals surface area contributed by atoms with Crippen molar-refractivity contribution in [1.82, 2.24) is 24.6 Å². The second-order valence-electron chi connectivity index (χ2n) is 11.0. The number of rotatable bonds is 11. The Labute approximate surface area is 262 Å². The van der Waals surface area contributed by atoms with Crippen molar-refractivity contribution >= 4 is 58.1 Å². The Kier molecular flexibility index (Phi) is 9.01. The van der Waals surface area contributed by atoms with E-state index >= 15 is 8.78 Å². The summed E-state index contributed by atoms with van der Waals surface area (Å²) in [6.07, 6.45) is -3.35. The van der Waals surface area contributed by atoms with Crippen molar-refractivity contribution in [3.05, 3.63) is 48.8 Å². The first kappa shape index (κ1) is 32.9. The fraction of sp³-hybridized carbons (Fsp3) is 0.429. The largest absolute Gasteiger partial charge is 0.462 e. The van der Waals surface area contributed by atoms with E-state index in [9.17, 15) is 9.90 Å². The van der Waals surface area contributed by atoms with Crippen LogP contribution in [0, 0.1) is 0 Å². The molecule has 0 radical (unpaired) electrons. The zero-order valence-corrected chi connectivity index (χ0v) is 26.8. The summed E-state index contributed by atoms with van der Waals surface area (Å²) in [5.41, 5.74) is 3.36. The van der Waals surface area contributed by atoms with E-state index in [0.717, 1.165) is 16.9 Å². The molecule has 2 aromatic heterocycles. The lowest BCUT2D eigenvalue weighted by atomic mass is 9.97. The van der Waals surface area contributed by atoms with Gasteiger partial charge >= 0.3 is 12.6 Å². The van der Waals surface area contributed by atoms with E-state index < -0.39 is 55.2 Å². The van der Waals surface area contributed by atoms with E-state index in [4.69, 9.17) is 36.1 Å². The number of anilines is 2. The van der Waals surface area contributed by atoms with Gasteiger partial charge in [0, 0.05) is 12.4 Å². The summed E-state index contributed by atoms with van der Waals surface area (Å²) < 4.78 is 56.6. The molecule has 1 aliphatic rings. The Morgan fingerprint density at radius 2 is 1.93 bits per heavy atom. The van der Waals surface area contributed by atoms with Gasteiger partial charge in [0.15, 0.2) is 35.0 Å². The Morgan fingerprint density at radius 3 is 2.64 bits per heavy atom. The highest BCUT2D eigenvalue weighted by molar-refractivity contribution is 8.09. The Morgan fingerprint density at radius 1 is 1.22 bits per heavy atom. The number of alkyl halides is 2. The number of aromatic nitrogens is 4. The first-order valence-corrected chi connectivity index (χ1v) is 16.6. The van der Waals surface area contributed by atoms with E-state index in [1.54, 1.807) is 45.2 Å². The van der Waals surface area contributed by atoms with Crippen LogP contribution in [0.2, 0.25) is 0 Å². The second-order valence-corrected chi connectivity index (χ2v) is 14.1. The topological polar surface area (TPSA) is 168 Å². The number of nitrogens with two attached hydrogens (primary N) is 1. The van der Waals surface area contributed by atoms with Crippen LogP contribution in [-0.2, 0) is 30.6 Å². The fourth-order valence-electron chi connectivity index (χ4n) is 4.93. The quantitative estimate of drug-likeness (QED) is 0.133. The number of halogens is 2. The number of carbonyl (C=O) groups excluding carboxylic acids is 1. The van der Waals surface area contributed by atoms with Crippen LogP contribution in [-0.4, -0.2) is 74.0 Å². The molecule has 0 amide bonds. The van der Waals surface area contributed by atoms with E-state index in [1.807, 2.05) is 18.2 Å². The summed E-state index contributed by atoms with van der Waals surface area (Å²) in [7, 11) is 1.58. The number of esters is 1. The van der Waals surface area contributed by atoms with E-state index in [0.29, 0.717) is 11.1 Å². The molecule has 1 unspecified atom stereocenters. The lowest BCUT2D eigenvalue weighted by Crippen LogP contribution is -2.47. The van der Waals surface area contributed by atoms with Crippen molar-refractivity contribution in [1.29, 1.82) is 0 Å². The maximum absolute atomic E-state index is 16.5. The van der Waals surface area contributed by atoms with Crippen molar-refractivity contribution < 1.29 is 37.2 Å². The van der Waals surface area contributed by atoms with Crippen molar-refractivity contribution in [3.63, 3.8) is 0 Å². The smallest absolute Gasteiger partial charge is 0.323 e. The number of benzene rings is 2. The van der Waals surface area contributed by atoms with E-state index in [2.05, 4.69) is 25.4 Å². The van der Waals surface area contributed by atoms with Gasteiger partial charge in [-0.1, -0.05) is 36.4 Å². The lowest BCUT2D eigenvalue weighted by Gasteiger charge is -2.30. The number of hydrogen-bond acceptors (Lipinski definition) is 12. The second kappa shape index (κ2) is 12.3. The molecule has 4 aromatic rings. The highest BCUT2D eigenvalue weighted by atomic mass is 32.5. The molecule has 17 heteroatoms. The van der Waals surface area contributed by atoms with Crippen LogP contribution in [0.15, 0.2) is 48.8 Å². The molecule has 6 atom stereocenters. The standard InChI is InChI=1S/C28H34F2N7O6PS/c1-15(2)41-23(38)16(3)36-44(45,43-19-12-8-10-17-9-6-7-11-18(17)19)40-13-28(30)24(39)27(4,29)25(42-28)37-14-33-20-21(32-5)34-26(31)35-22(20)37/h6-12,14-16,24-25,39H,13H2,1-5H3,(H,36,45)(H3,31,32,34,35)/t16-,24+,25-,27-,28-,44?/m1/s1. The number of carbonyl (C=O) groups is 1. The number of nitrogens with zero attached hydrogens (tertiary/aromatic N) is 4. The van der Waals surface area contributed by atoms with Gasteiger partial charge in [-0.2, -0.15) is 9.97 Å². The summed E-state index contributed by atoms with van der Waals surface area (Å²) in [4.78, 5) is 25.0. The lowest BCUT2D eigenvalue weighted by molar-refractivity contribution is -0.202. The molecular weight excluding hydrogens is 631 g/mol. The van der Waals surface area contributed by atoms with Crippen LogP contribution in [0.25, 0.3) is 21.9 Å². The Balaban J connectivity index is 1.45. The van der Waals surface area contributed by atoms with Crippen LogP contribution in [0.4, 0.5) is 20.5 Å². The third kappa shape index (κ3) is 6.44. The minimum Gasteiger partial charge on any atom is -0.462 e. The van der Waals surface area contributed by atoms with Crippen LogP contribution in [0.1, 0.15) is 33.9 Å². The van der Waals surface area contributed by atoms with Gasteiger partial charge in [0.05, 0.1) is 12.4 Å². The number of imidazole rings is 1. The summed E-state index contributed by atoms with van der Waals surface area (Å²) in [6.45, 7) is 0.923. The molecule has 1 saturated heterocycles. The maximum atomic E-state index is 16.5. The molecule has 1 aliphatic heterocycles. The van der Waals surface area contributed by atoms with Gasteiger partial charge in [0.25, 0.3) is 5.85 Å². The average molecular weight is 666 g/mol. The Bertz CT molecular complexity index is 1770. The van der Waals surface area contributed by atoms with Gasteiger partial charge in [-0.25, -0.2) is 18.9 Å². The summed E-state index contributed by atoms with van der Waals surface area (Å²) in [5.74, 6) is -3.38. The predicted molar refractivity (Wildman–Crippen MR) is 167 cm³/mol. The van der Waals surface area contributed by atoms with Crippen molar-refractivity contribution in [2.75, 3.05) is 24.7 Å². The number of fused-ring (bicyclic) bond motifs is 2. The molecule has 242 valence electrons. The van der Waals surface area contributed by atoms with Crippen LogP contribution >= 0.6 is 6.64 Å². The van der Waals surface area contributed by atoms with Gasteiger partial charge in [-0.3, -0.25) is 9.36 Å². The maximum Gasteiger partial charge on any atom is 0.323 e. The number of ether oxygens (including phenoxy) is 2. The highest BCUT2D eigenvalue weighted by Crippen LogP contribution is 2.52. The summed E-state index contributed by atoms with van der Waals surface area (Å²) in [5, 5.41) is 18.1. The van der Waals surface area contributed by atoms with Gasteiger partial charge in [-0.05, 0) is 51.0 Å². The molecule has 0 saturated carbocycles. The molecule has 45 heavy (non-hydrogen) atoms. The molecule has 13 nitrogen and oxygen atoms in total. The molecular formula is C28H34F2N7O6PS. The SMILES string of the molecule is CNc1nc(N)nc2c1ncn2[C@@H]1O[C@](F)(COP(=S)(N[C@H](C)C(=O)OC(C)C)Oc2cccc3ccccc23)[C@@H](O)[C@@]1(C)F. The molecule has 1 fully saturated rings. The minimum atomic E-state index is -3.83. The number of hydrogen-bond donors (Lipinski definition) is 4. The Hall–Kier alpha value is -3.53. The normalized spacial score (nSPS) is 25.4. The van der Waals surface area contributed by atoms with Crippen LogP contribution < -0.4 is 20.7 Å². The third-order valence-electron chi connectivity index (χ3n) is 7.12. The summed E-state index contributed by atoms with van der Waals surface area (Å²) >= 11 is 5.75. The summed E-state index contributed by atoms with van der Waals surface area (Å²) in [6, 6.07) is 11.5. The van der Waals surface area contributed by atoms with Crippen molar-refractivity contribution in [2.45, 2.75) is 63.7 Å². The van der Waals surface area contributed by atoms with Crippen LogP contribution in [0.3, 0.4) is 0 Å². The molecule has 5 N–H and O–H groups in total.